The van der Waals surface area contributed by atoms with Gasteiger partial charge in [0.15, 0.2) is 0 Å². The van der Waals surface area contributed by atoms with Crippen LogP contribution in [0.4, 0.5) is 11.4 Å². The topological polar surface area (TPSA) is 58.6 Å². The van der Waals surface area contributed by atoms with Gasteiger partial charge in [-0.3, -0.25) is 4.99 Å². The molecule has 32 heavy (non-hydrogen) atoms. The van der Waals surface area contributed by atoms with Gasteiger partial charge < -0.3 is 10.8 Å². The monoisotopic (exact) mass is 428 g/mol. The minimum atomic E-state index is 0.264. The van der Waals surface area contributed by atoms with Gasteiger partial charge in [0, 0.05) is 11.4 Å². The standard InChI is InChI=1S/C29H36N2O/c1-6-22-14-20(15-23(7-2)28(22)30)13-21-16-24(8-3)29(25(9-4)17-21)31-19(5)26-11-10-12-27(32)18-26/h10-12,14-18,32H,6-9,13,30H2,1-5H3. The first-order chi connectivity index (χ1) is 15.4. The quantitative estimate of drug-likeness (QED) is 0.301. The number of hydrogen-bond acceptors (Lipinski definition) is 3. The molecule has 0 aliphatic rings. The Hall–Kier alpha value is -3.07. The molecule has 3 N–H and O–H groups in total. The summed E-state index contributed by atoms with van der Waals surface area (Å²) in [7, 11) is 0. The molecule has 3 nitrogen and oxygen atoms in total. The third-order valence-corrected chi connectivity index (χ3v) is 6.21. The number of aryl methyl sites for hydroxylation is 4. The summed E-state index contributed by atoms with van der Waals surface area (Å²) in [6, 6.07) is 16.4. The van der Waals surface area contributed by atoms with E-state index < -0.39 is 0 Å². The zero-order chi connectivity index (χ0) is 23.3. The van der Waals surface area contributed by atoms with Gasteiger partial charge in [0.1, 0.15) is 5.75 Å². The van der Waals surface area contributed by atoms with Gasteiger partial charge in [-0.1, -0.05) is 64.1 Å². The predicted molar refractivity (Wildman–Crippen MR) is 138 cm³/mol. The minimum absolute atomic E-state index is 0.264. The highest BCUT2D eigenvalue weighted by Crippen LogP contribution is 2.31. The summed E-state index contributed by atoms with van der Waals surface area (Å²) in [5.41, 5.74) is 17.9. The lowest BCUT2D eigenvalue weighted by Gasteiger charge is -2.16. The molecule has 3 aromatic carbocycles. The van der Waals surface area contributed by atoms with Crippen molar-refractivity contribution in [1.29, 1.82) is 0 Å². The van der Waals surface area contributed by atoms with E-state index in [4.69, 9.17) is 10.7 Å². The summed E-state index contributed by atoms with van der Waals surface area (Å²) in [4.78, 5) is 5.02. The molecular weight excluding hydrogens is 392 g/mol. The Kier molecular flexibility index (Phi) is 7.74. The van der Waals surface area contributed by atoms with Gasteiger partial charge in [0.2, 0.25) is 0 Å². The number of phenols is 1. The number of benzene rings is 3. The Labute approximate surface area is 193 Å². The van der Waals surface area contributed by atoms with E-state index in [2.05, 4.69) is 52.0 Å². The van der Waals surface area contributed by atoms with E-state index in [-0.39, 0.29) is 5.75 Å². The molecule has 0 aliphatic carbocycles. The SMILES string of the molecule is CCc1cc(Cc2cc(CC)c(N=C(C)c3cccc(O)c3)c(CC)c2)cc(CC)c1N. The molecule has 0 aliphatic heterocycles. The number of nitrogen functional groups attached to an aromatic ring is 1. The van der Waals surface area contributed by atoms with Gasteiger partial charge in [-0.2, -0.15) is 0 Å². The van der Waals surface area contributed by atoms with Gasteiger partial charge in [-0.25, -0.2) is 0 Å². The molecular formula is C29H36N2O. The molecule has 0 atom stereocenters. The Morgan fingerprint density at radius 2 is 1.28 bits per heavy atom. The second-order valence-electron chi connectivity index (χ2n) is 8.43. The number of phenolic OH excluding ortho intramolecular Hbond substituents is 1. The van der Waals surface area contributed by atoms with Crippen LogP contribution >= 0.6 is 0 Å². The molecule has 0 radical (unpaired) electrons. The molecule has 0 saturated carbocycles. The average molecular weight is 429 g/mol. The first kappa shape index (κ1) is 23.6. The summed E-state index contributed by atoms with van der Waals surface area (Å²) < 4.78 is 0. The van der Waals surface area contributed by atoms with Gasteiger partial charge in [-0.05, 0) is 90.1 Å². The fourth-order valence-electron chi connectivity index (χ4n) is 4.35. The van der Waals surface area contributed by atoms with E-state index in [1.165, 1.54) is 33.4 Å². The largest absolute Gasteiger partial charge is 0.508 e. The molecule has 0 heterocycles. The van der Waals surface area contributed by atoms with Crippen LogP contribution in [0.1, 0.15) is 73.6 Å². The zero-order valence-electron chi connectivity index (χ0n) is 20.1. The summed E-state index contributed by atoms with van der Waals surface area (Å²) in [5.74, 6) is 0.264. The Morgan fingerprint density at radius 1 is 0.781 bits per heavy atom. The average Bonchev–Trinajstić information content (AvgIpc) is 2.80. The van der Waals surface area contributed by atoms with Crippen molar-refractivity contribution in [2.45, 2.75) is 66.7 Å². The number of nitrogens with zero attached hydrogens (tertiary/aromatic N) is 1. The fraction of sp³-hybridized carbons (Fsp3) is 0.345. The van der Waals surface area contributed by atoms with E-state index in [1.807, 2.05) is 19.1 Å². The second kappa shape index (κ2) is 10.5. The number of aromatic hydroxyl groups is 1. The van der Waals surface area contributed by atoms with Gasteiger partial charge in [-0.15, -0.1) is 0 Å². The number of aliphatic imine (C=N–C) groups is 1. The van der Waals surface area contributed by atoms with Crippen LogP contribution in [-0.4, -0.2) is 10.8 Å². The molecule has 0 aromatic heterocycles. The van der Waals surface area contributed by atoms with Crippen molar-refractivity contribution in [3.05, 3.63) is 87.5 Å². The van der Waals surface area contributed by atoms with Crippen LogP contribution in [-0.2, 0) is 32.1 Å². The number of anilines is 1. The number of rotatable bonds is 8. The van der Waals surface area contributed by atoms with E-state index in [9.17, 15) is 5.11 Å². The lowest BCUT2D eigenvalue weighted by molar-refractivity contribution is 0.475. The lowest BCUT2D eigenvalue weighted by Crippen LogP contribution is -2.02. The number of nitrogens with two attached hydrogens (primary N) is 1. The molecule has 3 rings (SSSR count). The first-order valence-electron chi connectivity index (χ1n) is 11.8. The molecule has 0 fully saturated rings. The third-order valence-electron chi connectivity index (χ3n) is 6.21. The van der Waals surface area contributed by atoms with Crippen LogP contribution in [0.5, 0.6) is 5.75 Å². The van der Waals surface area contributed by atoms with Crippen LogP contribution < -0.4 is 5.73 Å². The minimum Gasteiger partial charge on any atom is -0.508 e. The Morgan fingerprint density at radius 3 is 1.75 bits per heavy atom. The maximum absolute atomic E-state index is 9.84. The summed E-state index contributed by atoms with van der Waals surface area (Å²) >= 11 is 0. The van der Waals surface area contributed by atoms with Crippen molar-refractivity contribution in [2.75, 3.05) is 5.73 Å². The van der Waals surface area contributed by atoms with E-state index in [0.717, 1.165) is 54.8 Å². The third kappa shape index (κ3) is 5.21. The van der Waals surface area contributed by atoms with Crippen LogP contribution in [0.3, 0.4) is 0 Å². The van der Waals surface area contributed by atoms with Crippen LogP contribution in [0, 0.1) is 0 Å². The van der Waals surface area contributed by atoms with Gasteiger partial charge in [0.25, 0.3) is 0 Å². The predicted octanol–water partition coefficient (Wildman–Crippen LogP) is 6.96. The Balaban J connectivity index is 2.02. The molecule has 0 unspecified atom stereocenters. The summed E-state index contributed by atoms with van der Waals surface area (Å²) in [5, 5.41) is 9.84. The van der Waals surface area contributed by atoms with E-state index in [0.29, 0.717) is 0 Å². The molecule has 3 aromatic rings. The van der Waals surface area contributed by atoms with Crippen LogP contribution in [0.2, 0.25) is 0 Å². The molecule has 0 saturated heterocycles. The van der Waals surface area contributed by atoms with Crippen LogP contribution in [0.15, 0.2) is 53.5 Å². The maximum Gasteiger partial charge on any atom is 0.116 e. The summed E-state index contributed by atoms with van der Waals surface area (Å²) in [6.07, 6.45) is 4.66. The van der Waals surface area contributed by atoms with Gasteiger partial charge >= 0.3 is 0 Å². The lowest BCUT2D eigenvalue weighted by atomic mass is 9.92. The fourth-order valence-corrected chi connectivity index (χ4v) is 4.35. The van der Waals surface area contributed by atoms with Crippen molar-refractivity contribution in [2.24, 2.45) is 4.99 Å². The maximum atomic E-state index is 9.84. The number of hydrogen-bond donors (Lipinski definition) is 2. The Bertz CT molecular complexity index is 1080. The highest BCUT2D eigenvalue weighted by Gasteiger charge is 2.12. The van der Waals surface area contributed by atoms with Crippen molar-refractivity contribution in [1.82, 2.24) is 0 Å². The van der Waals surface area contributed by atoms with Gasteiger partial charge in [0.05, 0.1) is 5.69 Å². The normalized spacial score (nSPS) is 11.7. The van der Waals surface area contributed by atoms with Crippen molar-refractivity contribution in [3.8, 4) is 5.75 Å². The first-order valence-corrected chi connectivity index (χ1v) is 11.8. The van der Waals surface area contributed by atoms with Crippen molar-refractivity contribution >= 4 is 17.1 Å². The summed E-state index contributed by atoms with van der Waals surface area (Å²) in [6.45, 7) is 10.7. The zero-order valence-corrected chi connectivity index (χ0v) is 20.1. The van der Waals surface area contributed by atoms with Crippen LogP contribution in [0.25, 0.3) is 0 Å². The molecule has 0 amide bonds. The van der Waals surface area contributed by atoms with Crippen molar-refractivity contribution in [3.63, 3.8) is 0 Å². The van der Waals surface area contributed by atoms with E-state index >= 15 is 0 Å². The highest BCUT2D eigenvalue weighted by molar-refractivity contribution is 6.00. The van der Waals surface area contributed by atoms with Crippen molar-refractivity contribution < 1.29 is 5.11 Å². The molecule has 3 heteroatoms. The smallest absolute Gasteiger partial charge is 0.116 e. The molecule has 0 spiro atoms. The van der Waals surface area contributed by atoms with E-state index in [1.54, 1.807) is 12.1 Å². The highest BCUT2D eigenvalue weighted by atomic mass is 16.3. The molecule has 168 valence electrons. The molecule has 0 bridgehead atoms. The second-order valence-corrected chi connectivity index (χ2v) is 8.43.